The van der Waals surface area contributed by atoms with Crippen LogP contribution in [0, 0.1) is 0 Å². The topological polar surface area (TPSA) is 79.8 Å². The predicted molar refractivity (Wildman–Crippen MR) is 101 cm³/mol. The van der Waals surface area contributed by atoms with Crippen molar-refractivity contribution in [3.05, 3.63) is 64.7 Å². The number of ether oxygens (including phenoxy) is 1. The van der Waals surface area contributed by atoms with Gasteiger partial charge in [0.2, 0.25) is 0 Å². The van der Waals surface area contributed by atoms with E-state index in [1.54, 1.807) is 38.1 Å². The van der Waals surface area contributed by atoms with Crippen LogP contribution in [0.4, 0.5) is 0 Å². The zero-order valence-electron chi connectivity index (χ0n) is 14.5. The number of rotatable bonds is 6. The molecule has 2 N–H and O–H groups in total. The zero-order chi connectivity index (χ0) is 18.9. The molecule has 0 atom stereocenters. The van der Waals surface area contributed by atoms with E-state index in [-0.39, 0.29) is 6.04 Å². The van der Waals surface area contributed by atoms with Gasteiger partial charge in [-0.25, -0.2) is 5.43 Å². The van der Waals surface area contributed by atoms with Gasteiger partial charge < -0.3 is 10.1 Å². The molecule has 2 aromatic carbocycles. The minimum Gasteiger partial charge on any atom is -0.489 e. The van der Waals surface area contributed by atoms with Crippen LogP contribution in [0.25, 0.3) is 0 Å². The van der Waals surface area contributed by atoms with Crippen molar-refractivity contribution in [3.63, 3.8) is 0 Å². The summed E-state index contributed by atoms with van der Waals surface area (Å²) in [4.78, 5) is 23.0. The third-order valence-corrected chi connectivity index (χ3v) is 3.58. The van der Waals surface area contributed by atoms with Crippen LogP contribution in [0.2, 0.25) is 5.02 Å². The van der Waals surface area contributed by atoms with Crippen molar-refractivity contribution in [2.24, 2.45) is 5.10 Å². The van der Waals surface area contributed by atoms with Gasteiger partial charge in [-0.1, -0.05) is 41.9 Å². The summed E-state index contributed by atoms with van der Waals surface area (Å²) in [7, 11) is 0. The Balaban J connectivity index is 1.91. The molecule has 0 saturated heterocycles. The number of carbonyl (C=O) groups is 2. The SMILES string of the molecule is CC(C)NC(=O)C(=O)N/N=C\c1cccc(OCc2ccccc2Cl)c1. The van der Waals surface area contributed by atoms with Crippen molar-refractivity contribution in [2.45, 2.75) is 26.5 Å². The monoisotopic (exact) mass is 373 g/mol. The molecule has 0 fully saturated rings. The molecule has 0 aliphatic carbocycles. The lowest BCUT2D eigenvalue weighted by Crippen LogP contribution is -2.41. The second kappa shape index (κ2) is 9.58. The number of amides is 2. The Labute approximate surface area is 157 Å². The Morgan fingerprint density at radius 3 is 2.65 bits per heavy atom. The van der Waals surface area contributed by atoms with E-state index >= 15 is 0 Å². The molecule has 0 unspecified atom stereocenters. The maximum atomic E-state index is 11.6. The fourth-order valence-corrected chi connectivity index (χ4v) is 2.20. The minimum absolute atomic E-state index is 0.121. The van der Waals surface area contributed by atoms with Crippen LogP contribution in [0.1, 0.15) is 25.0 Å². The molecule has 7 heteroatoms. The number of hydrazone groups is 1. The molecule has 0 saturated carbocycles. The maximum Gasteiger partial charge on any atom is 0.329 e. The number of carbonyl (C=O) groups excluding carboxylic acids is 2. The number of halogens is 1. The van der Waals surface area contributed by atoms with E-state index in [2.05, 4.69) is 15.8 Å². The van der Waals surface area contributed by atoms with E-state index in [4.69, 9.17) is 16.3 Å². The van der Waals surface area contributed by atoms with Crippen molar-refractivity contribution in [1.82, 2.24) is 10.7 Å². The van der Waals surface area contributed by atoms with Crippen LogP contribution in [0.3, 0.4) is 0 Å². The number of hydrogen-bond donors (Lipinski definition) is 2. The highest BCUT2D eigenvalue weighted by molar-refractivity contribution is 6.35. The first kappa shape index (κ1) is 19.5. The maximum absolute atomic E-state index is 11.6. The quantitative estimate of drug-likeness (QED) is 0.464. The Morgan fingerprint density at radius 2 is 1.92 bits per heavy atom. The van der Waals surface area contributed by atoms with Crippen LogP contribution in [0.5, 0.6) is 5.75 Å². The molecule has 2 aromatic rings. The normalized spacial score (nSPS) is 10.8. The van der Waals surface area contributed by atoms with E-state index < -0.39 is 11.8 Å². The molecule has 6 nitrogen and oxygen atoms in total. The smallest absolute Gasteiger partial charge is 0.329 e. The lowest BCUT2D eigenvalue weighted by atomic mass is 10.2. The van der Waals surface area contributed by atoms with Gasteiger partial charge in [0.15, 0.2) is 0 Å². The second-order valence-electron chi connectivity index (χ2n) is 5.78. The fraction of sp³-hybridized carbons (Fsp3) is 0.211. The molecule has 0 heterocycles. The first-order valence-corrected chi connectivity index (χ1v) is 8.43. The average Bonchev–Trinajstić information content (AvgIpc) is 2.61. The second-order valence-corrected chi connectivity index (χ2v) is 6.19. The number of benzene rings is 2. The molecular formula is C19H20ClN3O3. The lowest BCUT2D eigenvalue weighted by molar-refractivity contribution is -0.139. The summed E-state index contributed by atoms with van der Waals surface area (Å²) in [5, 5.41) is 6.91. The summed E-state index contributed by atoms with van der Waals surface area (Å²) < 4.78 is 5.73. The van der Waals surface area contributed by atoms with Crippen molar-refractivity contribution in [3.8, 4) is 5.75 Å². The Bertz CT molecular complexity index is 806. The number of nitrogens with zero attached hydrogens (tertiary/aromatic N) is 1. The van der Waals surface area contributed by atoms with Crippen LogP contribution in [-0.4, -0.2) is 24.1 Å². The number of nitrogens with one attached hydrogen (secondary N) is 2. The van der Waals surface area contributed by atoms with E-state index in [0.717, 1.165) is 5.56 Å². The summed E-state index contributed by atoms with van der Waals surface area (Å²) in [6, 6.07) is 14.5. The largest absolute Gasteiger partial charge is 0.489 e. The van der Waals surface area contributed by atoms with E-state index in [9.17, 15) is 9.59 Å². The molecule has 2 amide bonds. The predicted octanol–water partition coefficient (Wildman–Crippen LogP) is 2.89. The van der Waals surface area contributed by atoms with Crippen LogP contribution >= 0.6 is 11.6 Å². The molecule has 0 spiro atoms. The van der Waals surface area contributed by atoms with Gasteiger partial charge in [-0.3, -0.25) is 9.59 Å². The van der Waals surface area contributed by atoms with Gasteiger partial charge in [0, 0.05) is 16.6 Å². The molecule has 0 aliphatic rings. The Kier molecular flexibility index (Phi) is 7.17. The zero-order valence-corrected chi connectivity index (χ0v) is 15.3. The minimum atomic E-state index is -0.818. The third-order valence-electron chi connectivity index (χ3n) is 3.22. The van der Waals surface area contributed by atoms with Gasteiger partial charge in [-0.2, -0.15) is 5.10 Å². The van der Waals surface area contributed by atoms with Gasteiger partial charge >= 0.3 is 11.8 Å². The number of hydrogen-bond acceptors (Lipinski definition) is 4. The summed E-state index contributed by atoms with van der Waals surface area (Å²) in [5.74, 6) is -0.909. The van der Waals surface area contributed by atoms with E-state index in [1.807, 2.05) is 24.3 Å². The molecule has 2 rings (SSSR count). The average molecular weight is 374 g/mol. The molecule has 0 aromatic heterocycles. The molecular weight excluding hydrogens is 354 g/mol. The lowest BCUT2D eigenvalue weighted by Gasteiger charge is -2.08. The van der Waals surface area contributed by atoms with Gasteiger partial charge in [-0.05, 0) is 37.6 Å². The van der Waals surface area contributed by atoms with Crippen molar-refractivity contribution >= 4 is 29.6 Å². The molecule has 0 aliphatic heterocycles. The third kappa shape index (κ3) is 6.22. The Morgan fingerprint density at radius 1 is 1.15 bits per heavy atom. The fourth-order valence-electron chi connectivity index (χ4n) is 2.01. The van der Waals surface area contributed by atoms with Crippen molar-refractivity contribution in [1.29, 1.82) is 0 Å². The van der Waals surface area contributed by atoms with Crippen LogP contribution in [-0.2, 0) is 16.2 Å². The van der Waals surface area contributed by atoms with Crippen molar-refractivity contribution in [2.75, 3.05) is 0 Å². The van der Waals surface area contributed by atoms with Crippen molar-refractivity contribution < 1.29 is 14.3 Å². The first-order valence-electron chi connectivity index (χ1n) is 8.06. The van der Waals surface area contributed by atoms with Crippen LogP contribution in [0.15, 0.2) is 53.6 Å². The highest BCUT2D eigenvalue weighted by atomic mass is 35.5. The molecule has 0 bridgehead atoms. The standard InChI is InChI=1S/C19H20ClN3O3/c1-13(2)22-18(24)19(25)23-21-11-14-6-5-8-16(10-14)26-12-15-7-3-4-9-17(15)20/h3-11,13H,12H2,1-2H3,(H,22,24)(H,23,25)/b21-11-. The Hall–Kier alpha value is -2.86. The van der Waals surface area contributed by atoms with Gasteiger partial charge in [0.1, 0.15) is 12.4 Å². The molecule has 0 radical (unpaired) electrons. The molecule has 26 heavy (non-hydrogen) atoms. The summed E-state index contributed by atoms with van der Waals surface area (Å²) in [6.45, 7) is 3.87. The van der Waals surface area contributed by atoms with Crippen LogP contribution < -0.4 is 15.5 Å². The van der Waals surface area contributed by atoms with Gasteiger partial charge in [0.25, 0.3) is 0 Å². The van der Waals surface area contributed by atoms with Gasteiger partial charge in [0.05, 0.1) is 6.21 Å². The van der Waals surface area contributed by atoms with Gasteiger partial charge in [-0.15, -0.1) is 0 Å². The summed E-state index contributed by atoms with van der Waals surface area (Å²) in [5.41, 5.74) is 3.78. The highest BCUT2D eigenvalue weighted by Crippen LogP contribution is 2.19. The van der Waals surface area contributed by atoms with E-state index in [1.165, 1.54) is 6.21 Å². The summed E-state index contributed by atoms with van der Waals surface area (Å²) >= 11 is 6.10. The molecule has 136 valence electrons. The first-order chi connectivity index (χ1) is 12.5. The summed E-state index contributed by atoms with van der Waals surface area (Å²) in [6.07, 6.45) is 1.43. The highest BCUT2D eigenvalue weighted by Gasteiger charge is 2.12. The van der Waals surface area contributed by atoms with E-state index in [0.29, 0.717) is 22.9 Å².